The number of benzene rings is 1. The molecule has 1 aromatic rings. The second-order valence-corrected chi connectivity index (χ2v) is 4.67. The first-order valence-electron chi connectivity index (χ1n) is 5.87. The Hall–Kier alpha value is -2.24. The van der Waals surface area contributed by atoms with Crippen molar-refractivity contribution in [3.63, 3.8) is 0 Å². The Bertz CT molecular complexity index is 484. The van der Waals surface area contributed by atoms with Crippen LogP contribution in [0.5, 0.6) is 11.5 Å². The van der Waals surface area contributed by atoms with Crippen molar-refractivity contribution < 1.29 is 24.9 Å². The third-order valence-corrected chi connectivity index (χ3v) is 2.57. The number of aliphatic carboxylic acids is 1. The molecule has 0 aliphatic carbocycles. The molecular formula is C13H17NO5. The summed E-state index contributed by atoms with van der Waals surface area (Å²) in [4.78, 5) is 22.9. The van der Waals surface area contributed by atoms with E-state index in [9.17, 15) is 19.8 Å². The molecule has 104 valence electrons. The van der Waals surface area contributed by atoms with Gasteiger partial charge in [-0.2, -0.15) is 0 Å². The van der Waals surface area contributed by atoms with Crippen LogP contribution in [0.2, 0.25) is 0 Å². The van der Waals surface area contributed by atoms with Crippen LogP contribution in [0.3, 0.4) is 0 Å². The molecule has 0 aliphatic rings. The fourth-order valence-corrected chi connectivity index (χ4v) is 1.64. The number of carbonyl (C=O) groups is 2. The second kappa shape index (κ2) is 6.08. The average molecular weight is 267 g/mol. The zero-order chi connectivity index (χ0) is 14.6. The molecular weight excluding hydrogens is 250 g/mol. The maximum absolute atomic E-state index is 11.9. The highest BCUT2D eigenvalue weighted by Gasteiger charge is 2.23. The average Bonchev–Trinajstić information content (AvgIpc) is 2.31. The van der Waals surface area contributed by atoms with Crippen LogP contribution in [0, 0.1) is 5.92 Å². The lowest BCUT2D eigenvalue weighted by molar-refractivity contribution is -0.139. The van der Waals surface area contributed by atoms with Crippen LogP contribution in [-0.4, -0.2) is 33.2 Å². The largest absolute Gasteiger partial charge is 0.504 e. The van der Waals surface area contributed by atoms with E-state index in [4.69, 9.17) is 5.11 Å². The Morgan fingerprint density at radius 3 is 2.42 bits per heavy atom. The zero-order valence-electron chi connectivity index (χ0n) is 10.8. The van der Waals surface area contributed by atoms with Gasteiger partial charge in [0.25, 0.3) is 5.91 Å². The maximum Gasteiger partial charge on any atom is 0.326 e. The van der Waals surface area contributed by atoms with E-state index >= 15 is 0 Å². The minimum Gasteiger partial charge on any atom is -0.504 e. The summed E-state index contributed by atoms with van der Waals surface area (Å²) in [5.41, 5.74) is -0.157. The van der Waals surface area contributed by atoms with Crippen LogP contribution in [-0.2, 0) is 4.79 Å². The SMILES string of the molecule is CC(C)C[C@@H](NC(=O)c1cccc(O)c1O)C(=O)O. The van der Waals surface area contributed by atoms with Gasteiger partial charge >= 0.3 is 5.97 Å². The summed E-state index contributed by atoms with van der Waals surface area (Å²) in [7, 11) is 0. The molecule has 0 saturated heterocycles. The minimum atomic E-state index is -1.14. The Kier molecular flexibility index (Phi) is 4.74. The lowest BCUT2D eigenvalue weighted by Crippen LogP contribution is -2.41. The zero-order valence-corrected chi connectivity index (χ0v) is 10.8. The fraction of sp³-hybridized carbons (Fsp3) is 0.385. The molecule has 6 nitrogen and oxygen atoms in total. The van der Waals surface area contributed by atoms with E-state index in [1.54, 1.807) is 0 Å². The number of phenols is 2. The van der Waals surface area contributed by atoms with Crippen molar-refractivity contribution >= 4 is 11.9 Å². The highest BCUT2D eigenvalue weighted by Crippen LogP contribution is 2.28. The topological polar surface area (TPSA) is 107 Å². The van der Waals surface area contributed by atoms with E-state index in [1.165, 1.54) is 18.2 Å². The first-order chi connectivity index (χ1) is 8.82. The van der Waals surface area contributed by atoms with Crippen LogP contribution < -0.4 is 5.32 Å². The van der Waals surface area contributed by atoms with Gasteiger partial charge in [0.1, 0.15) is 6.04 Å². The van der Waals surface area contributed by atoms with Crippen molar-refractivity contribution in [2.75, 3.05) is 0 Å². The van der Waals surface area contributed by atoms with Crippen LogP contribution in [0.1, 0.15) is 30.6 Å². The van der Waals surface area contributed by atoms with Crippen molar-refractivity contribution in [1.82, 2.24) is 5.32 Å². The predicted octanol–water partition coefficient (Wildman–Crippen LogP) is 1.33. The van der Waals surface area contributed by atoms with Gasteiger partial charge < -0.3 is 20.6 Å². The summed E-state index contributed by atoms with van der Waals surface area (Å²) in [5.74, 6) is -2.76. The normalized spacial score (nSPS) is 12.2. The van der Waals surface area contributed by atoms with E-state index in [1.807, 2.05) is 13.8 Å². The number of nitrogens with one attached hydrogen (secondary N) is 1. The molecule has 0 spiro atoms. The smallest absolute Gasteiger partial charge is 0.326 e. The molecule has 19 heavy (non-hydrogen) atoms. The highest BCUT2D eigenvalue weighted by atomic mass is 16.4. The van der Waals surface area contributed by atoms with Crippen LogP contribution in [0.4, 0.5) is 0 Å². The van der Waals surface area contributed by atoms with E-state index in [2.05, 4.69) is 5.32 Å². The van der Waals surface area contributed by atoms with E-state index < -0.39 is 29.4 Å². The van der Waals surface area contributed by atoms with E-state index in [0.717, 1.165) is 0 Å². The number of rotatable bonds is 5. The molecule has 0 bridgehead atoms. The lowest BCUT2D eigenvalue weighted by atomic mass is 10.0. The van der Waals surface area contributed by atoms with Gasteiger partial charge in [0, 0.05) is 0 Å². The Balaban J connectivity index is 2.88. The summed E-state index contributed by atoms with van der Waals surface area (Å²) in [6.07, 6.45) is 0.278. The Labute approximate surface area is 110 Å². The standard InChI is InChI=1S/C13H17NO5/c1-7(2)6-9(13(18)19)14-12(17)8-4-3-5-10(15)11(8)16/h3-5,7,9,15-16H,6H2,1-2H3,(H,14,17)(H,18,19)/t9-/m1/s1. The van der Waals surface area contributed by atoms with Gasteiger partial charge in [-0.3, -0.25) is 4.79 Å². The molecule has 0 aliphatic heterocycles. The number of hydrogen-bond donors (Lipinski definition) is 4. The molecule has 1 atom stereocenters. The molecule has 1 amide bonds. The number of para-hydroxylation sites is 1. The fourth-order valence-electron chi connectivity index (χ4n) is 1.64. The molecule has 0 heterocycles. The number of aromatic hydroxyl groups is 2. The monoisotopic (exact) mass is 267 g/mol. The number of carbonyl (C=O) groups excluding carboxylic acids is 1. The Morgan fingerprint density at radius 1 is 1.26 bits per heavy atom. The number of carboxylic acids is 1. The van der Waals surface area contributed by atoms with Gasteiger partial charge in [-0.05, 0) is 24.5 Å². The second-order valence-electron chi connectivity index (χ2n) is 4.67. The number of hydrogen-bond acceptors (Lipinski definition) is 4. The number of amides is 1. The van der Waals surface area contributed by atoms with Crippen molar-refractivity contribution in [3.8, 4) is 11.5 Å². The van der Waals surface area contributed by atoms with Crippen molar-refractivity contribution in [2.24, 2.45) is 5.92 Å². The maximum atomic E-state index is 11.9. The third kappa shape index (κ3) is 3.87. The third-order valence-electron chi connectivity index (χ3n) is 2.57. The van der Waals surface area contributed by atoms with Gasteiger partial charge in [-0.15, -0.1) is 0 Å². The number of carboxylic acid groups (broad SMARTS) is 1. The number of phenolic OH excluding ortho intramolecular Hbond substituents is 2. The molecule has 1 rings (SSSR count). The first kappa shape index (κ1) is 14.8. The van der Waals surface area contributed by atoms with Gasteiger partial charge in [-0.1, -0.05) is 19.9 Å². The molecule has 0 radical (unpaired) electrons. The van der Waals surface area contributed by atoms with E-state index in [0.29, 0.717) is 0 Å². The molecule has 4 N–H and O–H groups in total. The summed E-state index contributed by atoms with van der Waals surface area (Å²) in [6, 6.07) is 2.89. The molecule has 0 unspecified atom stereocenters. The summed E-state index contributed by atoms with van der Waals surface area (Å²) < 4.78 is 0. The van der Waals surface area contributed by atoms with Gasteiger partial charge in [0.2, 0.25) is 0 Å². The summed E-state index contributed by atoms with van der Waals surface area (Å²) >= 11 is 0. The van der Waals surface area contributed by atoms with Crippen LogP contribution >= 0.6 is 0 Å². The van der Waals surface area contributed by atoms with Crippen molar-refractivity contribution in [1.29, 1.82) is 0 Å². The quantitative estimate of drug-likeness (QED) is 0.602. The van der Waals surface area contributed by atoms with Crippen LogP contribution in [0.15, 0.2) is 18.2 Å². The summed E-state index contributed by atoms with van der Waals surface area (Å²) in [5, 5.41) is 30.2. The lowest BCUT2D eigenvalue weighted by Gasteiger charge is -2.16. The minimum absolute atomic E-state index is 0.0965. The van der Waals surface area contributed by atoms with Crippen molar-refractivity contribution in [2.45, 2.75) is 26.3 Å². The molecule has 0 fully saturated rings. The highest BCUT2D eigenvalue weighted by molar-refractivity contribution is 5.99. The molecule has 0 saturated carbocycles. The first-order valence-corrected chi connectivity index (χ1v) is 5.87. The Morgan fingerprint density at radius 2 is 1.89 bits per heavy atom. The van der Waals surface area contributed by atoms with Gasteiger partial charge in [0.15, 0.2) is 11.5 Å². The molecule has 6 heteroatoms. The van der Waals surface area contributed by atoms with Crippen molar-refractivity contribution in [3.05, 3.63) is 23.8 Å². The molecule has 1 aromatic carbocycles. The molecule has 0 aromatic heterocycles. The van der Waals surface area contributed by atoms with Gasteiger partial charge in [0.05, 0.1) is 5.56 Å². The predicted molar refractivity (Wildman–Crippen MR) is 68.1 cm³/mol. The summed E-state index contributed by atoms with van der Waals surface area (Å²) in [6.45, 7) is 3.68. The van der Waals surface area contributed by atoms with Crippen LogP contribution in [0.25, 0.3) is 0 Å². The van der Waals surface area contributed by atoms with Gasteiger partial charge in [-0.25, -0.2) is 4.79 Å². The van der Waals surface area contributed by atoms with E-state index in [-0.39, 0.29) is 17.9 Å².